The Balaban J connectivity index is 2.63. The Bertz CT molecular complexity index is 448. The summed E-state index contributed by atoms with van der Waals surface area (Å²) in [5.41, 5.74) is -0.334. The van der Waals surface area contributed by atoms with E-state index in [4.69, 9.17) is 9.52 Å². The fraction of sp³-hybridized carbons (Fsp3) is 0.571. The molecule has 1 atom stereocenters. The molecule has 0 radical (unpaired) electrons. The first-order valence-electron chi connectivity index (χ1n) is 6.46. The summed E-state index contributed by atoms with van der Waals surface area (Å²) >= 11 is 0. The Morgan fingerprint density at radius 3 is 2.55 bits per heavy atom. The van der Waals surface area contributed by atoms with Crippen molar-refractivity contribution in [3.05, 3.63) is 24.2 Å². The molecular formula is C14H22N2O4. The van der Waals surface area contributed by atoms with E-state index >= 15 is 0 Å². The van der Waals surface area contributed by atoms with Gasteiger partial charge in [-0.2, -0.15) is 0 Å². The van der Waals surface area contributed by atoms with Crippen molar-refractivity contribution in [2.75, 3.05) is 7.05 Å². The molecule has 6 nitrogen and oxygen atoms in total. The lowest BCUT2D eigenvalue weighted by Crippen LogP contribution is -2.49. The largest absolute Gasteiger partial charge is 0.481 e. The van der Waals surface area contributed by atoms with Gasteiger partial charge in [0.2, 0.25) is 0 Å². The first kappa shape index (κ1) is 16.1. The van der Waals surface area contributed by atoms with E-state index in [2.05, 4.69) is 5.32 Å². The van der Waals surface area contributed by atoms with Gasteiger partial charge in [0.15, 0.2) is 0 Å². The summed E-state index contributed by atoms with van der Waals surface area (Å²) in [6, 6.07) is 2.78. The molecule has 0 fully saturated rings. The standard InChI is InChI=1S/C14H22N2O4/c1-14(2,3)11(8-12(17)18)15-13(19)16(4)9-10-6-5-7-20-10/h5-7,11H,8-9H2,1-4H3,(H,15,19)(H,17,18). The number of carboxylic acid groups (broad SMARTS) is 1. The van der Waals surface area contributed by atoms with Gasteiger partial charge < -0.3 is 19.7 Å². The van der Waals surface area contributed by atoms with Gasteiger partial charge in [-0.05, 0) is 17.5 Å². The molecule has 0 spiro atoms. The van der Waals surface area contributed by atoms with Gasteiger partial charge in [0.25, 0.3) is 0 Å². The SMILES string of the molecule is CN(Cc1ccco1)C(=O)NC(CC(=O)O)C(C)(C)C. The van der Waals surface area contributed by atoms with E-state index in [0.29, 0.717) is 12.3 Å². The van der Waals surface area contributed by atoms with Crippen molar-refractivity contribution in [1.82, 2.24) is 10.2 Å². The summed E-state index contributed by atoms with van der Waals surface area (Å²) in [7, 11) is 1.64. The molecule has 0 saturated carbocycles. The average Bonchev–Trinajstić information content (AvgIpc) is 2.78. The van der Waals surface area contributed by atoms with Crippen LogP contribution < -0.4 is 5.32 Å². The fourth-order valence-electron chi connectivity index (χ4n) is 1.72. The lowest BCUT2D eigenvalue weighted by atomic mass is 9.85. The van der Waals surface area contributed by atoms with Gasteiger partial charge in [-0.15, -0.1) is 0 Å². The van der Waals surface area contributed by atoms with Crippen molar-refractivity contribution in [2.24, 2.45) is 5.41 Å². The van der Waals surface area contributed by atoms with Crippen molar-refractivity contribution >= 4 is 12.0 Å². The zero-order valence-electron chi connectivity index (χ0n) is 12.3. The number of amides is 2. The highest BCUT2D eigenvalue weighted by molar-refractivity contribution is 5.75. The van der Waals surface area contributed by atoms with Crippen LogP contribution in [0.15, 0.2) is 22.8 Å². The van der Waals surface area contributed by atoms with Crippen LogP contribution in [0.5, 0.6) is 0 Å². The second-order valence-corrected chi connectivity index (χ2v) is 5.90. The maximum atomic E-state index is 12.1. The van der Waals surface area contributed by atoms with Crippen molar-refractivity contribution in [1.29, 1.82) is 0 Å². The molecule has 1 aromatic heterocycles. The third kappa shape index (κ3) is 4.95. The van der Waals surface area contributed by atoms with Crippen LogP contribution >= 0.6 is 0 Å². The molecule has 0 aliphatic carbocycles. The topological polar surface area (TPSA) is 82.8 Å². The number of aliphatic carboxylic acids is 1. The molecule has 112 valence electrons. The molecule has 2 amide bonds. The van der Waals surface area contributed by atoms with E-state index in [1.165, 1.54) is 4.90 Å². The number of carbonyl (C=O) groups is 2. The monoisotopic (exact) mass is 282 g/mol. The van der Waals surface area contributed by atoms with E-state index in [0.717, 1.165) is 0 Å². The predicted molar refractivity (Wildman–Crippen MR) is 74.2 cm³/mol. The number of hydrogen-bond acceptors (Lipinski definition) is 3. The zero-order valence-corrected chi connectivity index (χ0v) is 12.3. The Morgan fingerprint density at radius 1 is 1.45 bits per heavy atom. The lowest BCUT2D eigenvalue weighted by molar-refractivity contribution is -0.138. The van der Waals surface area contributed by atoms with Crippen LogP contribution in [0.25, 0.3) is 0 Å². The molecule has 0 aliphatic heterocycles. The molecule has 2 N–H and O–H groups in total. The Kier molecular flexibility index (Phi) is 5.19. The molecule has 0 aromatic carbocycles. The third-order valence-electron chi connectivity index (χ3n) is 3.04. The van der Waals surface area contributed by atoms with E-state index in [9.17, 15) is 9.59 Å². The summed E-state index contributed by atoms with van der Waals surface area (Å²) in [5, 5.41) is 11.7. The molecule has 0 bridgehead atoms. The van der Waals surface area contributed by atoms with Crippen molar-refractivity contribution < 1.29 is 19.1 Å². The summed E-state index contributed by atoms with van der Waals surface area (Å²) in [5.74, 6) is -0.257. The quantitative estimate of drug-likeness (QED) is 0.868. The molecule has 6 heteroatoms. The molecule has 1 aromatic rings. The summed E-state index contributed by atoms with van der Waals surface area (Å²) < 4.78 is 5.18. The fourth-order valence-corrected chi connectivity index (χ4v) is 1.72. The van der Waals surface area contributed by atoms with Crippen molar-refractivity contribution in [3.63, 3.8) is 0 Å². The summed E-state index contributed by atoms with van der Waals surface area (Å²) in [6.07, 6.45) is 1.44. The van der Waals surface area contributed by atoms with Crippen molar-refractivity contribution in [3.8, 4) is 0 Å². The smallest absolute Gasteiger partial charge is 0.317 e. The molecular weight excluding hydrogens is 260 g/mol. The number of nitrogens with zero attached hydrogens (tertiary/aromatic N) is 1. The molecule has 1 unspecified atom stereocenters. The summed E-state index contributed by atoms with van der Waals surface area (Å²) in [4.78, 5) is 24.4. The number of rotatable bonds is 5. The van der Waals surface area contributed by atoms with Gasteiger partial charge in [0.05, 0.1) is 19.2 Å². The number of carbonyl (C=O) groups excluding carboxylic acids is 1. The van der Waals surface area contributed by atoms with Crippen LogP contribution in [0.3, 0.4) is 0 Å². The minimum Gasteiger partial charge on any atom is -0.481 e. The third-order valence-corrected chi connectivity index (χ3v) is 3.04. The maximum absolute atomic E-state index is 12.1. The second kappa shape index (κ2) is 6.45. The van der Waals surface area contributed by atoms with Gasteiger partial charge in [-0.25, -0.2) is 4.79 Å². The van der Waals surface area contributed by atoms with Gasteiger partial charge in [-0.3, -0.25) is 4.79 Å². The highest BCUT2D eigenvalue weighted by Gasteiger charge is 2.29. The zero-order chi connectivity index (χ0) is 15.3. The van der Waals surface area contributed by atoms with Crippen LogP contribution in [0.2, 0.25) is 0 Å². The highest BCUT2D eigenvalue weighted by Crippen LogP contribution is 2.22. The normalized spacial score (nSPS) is 12.8. The van der Waals surface area contributed by atoms with Gasteiger partial charge in [-0.1, -0.05) is 20.8 Å². The molecule has 0 saturated heterocycles. The highest BCUT2D eigenvalue weighted by atomic mass is 16.4. The van der Waals surface area contributed by atoms with Gasteiger partial charge in [0, 0.05) is 13.1 Å². The van der Waals surface area contributed by atoms with Crippen LogP contribution in [0.1, 0.15) is 33.0 Å². The van der Waals surface area contributed by atoms with E-state index in [1.807, 2.05) is 20.8 Å². The van der Waals surface area contributed by atoms with Gasteiger partial charge in [0.1, 0.15) is 5.76 Å². The average molecular weight is 282 g/mol. The number of hydrogen-bond donors (Lipinski definition) is 2. The minimum absolute atomic E-state index is 0.107. The number of carboxylic acids is 1. The Labute approximate surface area is 118 Å². The van der Waals surface area contributed by atoms with E-state index < -0.39 is 12.0 Å². The van der Waals surface area contributed by atoms with Crippen LogP contribution in [-0.2, 0) is 11.3 Å². The number of furan rings is 1. The minimum atomic E-state index is -0.932. The number of nitrogens with one attached hydrogen (secondary N) is 1. The molecule has 1 heterocycles. The second-order valence-electron chi connectivity index (χ2n) is 5.90. The van der Waals surface area contributed by atoms with Crippen LogP contribution in [-0.4, -0.2) is 35.1 Å². The predicted octanol–water partition coefficient (Wildman–Crippen LogP) is 2.31. The Morgan fingerprint density at radius 2 is 2.10 bits per heavy atom. The lowest BCUT2D eigenvalue weighted by Gasteiger charge is -2.31. The maximum Gasteiger partial charge on any atom is 0.317 e. The molecule has 1 rings (SSSR count). The molecule has 20 heavy (non-hydrogen) atoms. The van der Waals surface area contributed by atoms with E-state index in [1.54, 1.807) is 25.4 Å². The first-order valence-corrected chi connectivity index (χ1v) is 6.46. The van der Waals surface area contributed by atoms with Crippen LogP contribution in [0.4, 0.5) is 4.79 Å². The summed E-state index contributed by atoms with van der Waals surface area (Å²) in [6.45, 7) is 6.02. The van der Waals surface area contributed by atoms with Crippen molar-refractivity contribution in [2.45, 2.75) is 39.8 Å². The first-order chi connectivity index (χ1) is 9.20. The van der Waals surface area contributed by atoms with E-state index in [-0.39, 0.29) is 17.9 Å². The van der Waals surface area contributed by atoms with Crippen LogP contribution in [0, 0.1) is 5.41 Å². The van der Waals surface area contributed by atoms with Gasteiger partial charge >= 0.3 is 12.0 Å². The number of urea groups is 1. The Hall–Kier alpha value is -1.98. The molecule has 0 aliphatic rings.